The molecule has 0 aliphatic rings. The van der Waals surface area contributed by atoms with E-state index in [9.17, 15) is 14.4 Å². The predicted octanol–water partition coefficient (Wildman–Crippen LogP) is 4.18. The highest BCUT2D eigenvalue weighted by Crippen LogP contribution is 2.18. The average molecular weight is 472 g/mol. The number of hydrazone groups is 1. The summed E-state index contributed by atoms with van der Waals surface area (Å²) in [6.07, 6.45) is 1.46. The van der Waals surface area contributed by atoms with Crippen molar-refractivity contribution in [3.8, 4) is 0 Å². The molecule has 180 valence electrons. The van der Waals surface area contributed by atoms with Crippen molar-refractivity contribution < 1.29 is 14.4 Å². The summed E-state index contributed by atoms with van der Waals surface area (Å²) in [5.41, 5.74) is 6.23. The van der Waals surface area contributed by atoms with E-state index in [-0.39, 0.29) is 11.3 Å². The van der Waals surface area contributed by atoms with Gasteiger partial charge in [0.25, 0.3) is 5.91 Å². The van der Waals surface area contributed by atoms with Crippen molar-refractivity contribution in [2.45, 2.75) is 20.8 Å². The molecule has 3 rings (SSSR count). The van der Waals surface area contributed by atoms with Gasteiger partial charge in [-0.1, -0.05) is 42.0 Å². The van der Waals surface area contributed by atoms with Crippen LogP contribution in [0.5, 0.6) is 0 Å². The first-order valence-corrected chi connectivity index (χ1v) is 11.4. The van der Waals surface area contributed by atoms with Crippen molar-refractivity contribution in [2.75, 3.05) is 28.6 Å². The van der Waals surface area contributed by atoms with E-state index in [1.807, 2.05) is 43.3 Å². The summed E-state index contributed by atoms with van der Waals surface area (Å²) in [6.45, 7) is 7.95. The molecule has 0 aliphatic carbocycles. The first-order chi connectivity index (χ1) is 16.9. The molecule has 0 saturated heterocycles. The van der Waals surface area contributed by atoms with E-state index >= 15 is 0 Å². The van der Waals surface area contributed by atoms with Crippen LogP contribution < -0.4 is 21.0 Å². The maximum atomic E-state index is 12.7. The van der Waals surface area contributed by atoms with Crippen LogP contribution in [0, 0.1) is 6.92 Å². The molecule has 0 bridgehead atoms. The van der Waals surface area contributed by atoms with Crippen LogP contribution in [0.2, 0.25) is 0 Å². The highest BCUT2D eigenvalue weighted by Gasteiger charge is 2.17. The molecular weight excluding hydrogens is 442 g/mol. The molecule has 0 spiro atoms. The van der Waals surface area contributed by atoms with Crippen LogP contribution in [0.25, 0.3) is 0 Å². The number of aryl methyl sites for hydroxylation is 1. The number of hydrogen-bond acceptors (Lipinski definition) is 5. The van der Waals surface area contributed by atoms with E-state index in [0.717, 1.165) is 29.9 Å². The van der Waals surface area contributed by atoms with Crippen LogP contribution in [-0.4, -0.2) is 37.0 Å². The van der Waals surface area contributed by atoms with Crippen molar-refractivity contribution in [3.05, 3.63) is 89.5 Å². The molecule has 0 radical (unpaired) electrons. The Morgan fingerprint density at radius 1 is 0.829 bits per heavy atom. The number of nitrogens with zero attached hydrogens (tertiary/aromatic N) is 2. The fourth-order valence-electron chi connectivity index (χ4n) is 3.38. The van der Waals surface area contributed by atoms with Crippen LogP contribution in [0.3, 0.4) is 0 Å². The Kier molecular flexibility index (Phi) is 8.72. The summed E-state index contributed by atoms with van der Waals surface area (Å²) in [5, 5.41) is 9.12. The molecule has 3 aromatic carbocycles. The first kappa shape index (κ1) is 25.2. The lowest BCUT2D eigenvalue weighted by atomic mass is 10.1. The van der Waals surface area contributed by atoms with Gasteiger partial charge < -0.3 is 15.5 Å². The normalized spacial score (nSPS) is 10.6. The van der Waals surface area contributed by atoms with Crippen LogP contribution in [0.1, 0.15) is 35.3 Å². The third-order valence-electron chi connectivity index (χ3n) is 5.34. The van der Waals surface area contributed by atoms with Gasteiger partial charge in [0.1, 0.15) is 0 Å². The van der Waals surface area contributed by atoms with Gasteiger partial charge in [-0.15, -0.1) is 0 Å². The molecule has 3 amide bonds. The number of para-hydroxylation sites is 1. The third-order valence-corrected chi connectivity index (χ3v) is 5.34. The number of amides is 3. The van der Waals surface area contributed by atoms with Gasteiger partial charge in [0, 0.05) is 24.5 Å². The summed E-state index contributed by atoms with van der Waals surface area (Å²) >= 11 is 0. The average Bonchev–Trinajstić information content (AvgIpc) is 2.87. The highest BCUT2D eigenvalue weighted by molar-refractivity contribution is 6.40. The second-order valence-electron chi connectivity index (χ2n) is 7.78. The van der Waals surface area contributed by atoms with Crippen molar-refractivity contribution in [3.63, 3.8) is 0 Å². The Labute approximate surface area is 205 Å². The zero-order chi connectivity index (χ0) is 25.2. The molecular formula is C27H29N5O3. The van der Waals surface area contributed by atoms with Crippen molar-refractivity contribution in [1.29, 1.82) is 0 Å². The van der Waals surface area contributed by atoms with E-state index in [1.165, 1.54) is 6.21 Å². The van der Waals surface area contributed by atoms with Gasteiger partial charge in [-0.25, -0.2) is 5.43 Å². The van der Waals surface area contributed by atoms with E-state index < -0.39 is 17.7 Å². The predicted molar refractivity (Wildman–Crippen MR) is 140 cm³/mol. The molecule has 8 nitrogen and oxygen atoms in total. The lowest BCUT2D eigenvalue weighted by Crippen LogP contribution is -2.33. The molecule has 0 aliphatic heterocycles. The van der Waals surface area contributed by atoms with Gasteiger partial charge in [0.2, 0.25) is 0 Å². The summed E-state index contributed by atoms with van der Waals surface area (Å²) in [6, 6.07) is 21.5. The first-order valence-electron chi connectivity index (χ1n) is 11.4. The van der Waals surface area contributed by atoms with Gasteiger partial charge in [-0.05, 0) is 62.7 Å². The minimum Gasteiger partial charge on any atom is -0.372 e. The minimum absolute atomic E-state index is 0.216. The Balaban J connectivity index is 1.59. The number of anilines is 3. The Bertz CT molecular complexity index is 1200. The maximum absolute atomic E-state index is 12.7. The molecule has 0 saturated carbocycles. The molecule has 35 heavy (non-hydrogen) atoms. The summed E-state index contributed by atoms with van der Waals surface area (Å²) in [7, 11) is 0. The second-order valence-corrected chi connectivity index (χ2v) is 7.78. The highest BCUT2D eigenvalue weighted by atomic mass is 16.2. The molecule has 0 atom stereocenters. The van der Waals surface area contributed by atoms with Crippen LogP contribution in [-0.2, 0) is 9.59 Å². The fraction of sp³-hybridized carbons (Fsp3) is 0.185. The van der Waals surface area contributed by atoms with Crippen LogP contribution in [0.15, 0.2) is 77.9 Å². The minimum atomic E-state index is -0.949. The summed E-state index contributed by atoms with van der Waals surface area (Å²) in [4.78, 5) is 39.5. The Morgan fingerprint density at radius 2 is 1.49 bits per heavy atom. The Morgan fingerprint density at radius 3 is 2.14 bits per heavy atom. The van der Waals surface area contributed by atoms with Gasteiger partial charge in [0.15, 0.2) is 0 Å². The number of nitrogens with one attached hydrogen (secondary N) is 3. The summed E-state index contributed by atoms with van der Waals surface area (Å²) < 4.78 is 0. The fourth-order valence-corrected chi connectivity index (χ4v) is 3.38. The molecule has 3 N–H and O–H groups in total. The molecule has 0 unspecified atom stereocenters. The Hall–Kier alpha value is -4.46. The smallest absolute Gasteiger partial charge is 0.329 e. The van der Waals surface area contributed by atoms with Crippen molar-refractivity contribution in [1.82, 2.24) is 5.43 Å². The zero-order valence-corrected chi connectivity index (χ0v) is 20.0. The quantitative estimate of drug-likeness (QED) is 0.260. The van der Waals surface area contributed by atoms with E-state index in [1.54, 1.807) is 36.4 Å². The largest absolute Gasteiger partial charge is 0.372 e. The second kappa shape index (κ2) is 12.1. The van der Waals surface area contributed by atoms with Crippen LogP contribution in [0.4, 0.5) is 17.1 Å². The third kappa shape index (κ3) is 7.01. The molecule has 8 heteroatoms. The van der Waals surface area contributed by atoms with E-state index in [4.69, 9.17) is 0 Å². The van der Waals surface area contributed by atoms with Crippen LogP contribution >= 0.6 is 0 Å². The lowest BCUT2D eigenvalue weighted by molar-refractivity contribution is -0.136. The van der Waals surface area contributed by atoms with E-state index in [0.29, 0.717) is 5.69 Å². The maximum Gasteiger partial charge on any atom is 0.329 e. The standard InChI is InChI=1S/C27H29N5O3/c1-4-32(5-2)22-16-12-20(13-17-22)18-28-31-27(35)26(34)30-24-9-7-6-8-23(24)25(33)29-21-14-10-19(3)11-15-21/h6-18H,4-5H2,1-3H3,(H,29,33)(H,30,34)(H,31,35). The van der Waals surface area contributed by atoms with Gasteiger partial charge in [-0.3, -0.25) is 14.4 Å². The molecule has 3 aromatic rings. The number of carbonyl (C=O) groups excluding carboxylic acids is 3. The number of carbonyl (C=O) groups is 3. The monoisotopic (exact) mass is 471 g/mol. The van der Waals surface area contributed by atoms with Gasteiger partial charge in [0.05, 0.1) is 17.5 Å². The molecule has 0 heterocycles. The topological polar surface area (TPSA) is 103 Å². The van der Waals surface area contributed by atoms with Gasteiger partial charge in [-0.2, -0.15) is 5.10 Å². The number of benzene rings is 3. The SMILES string of the molecule is CCN(CC)c1ccc(C=NNC(=O)C(=O)Nc2ccccc2C(=O)Nc2ccc(C)cc2)cc1. The van der Waals surface area contributed by atoms with Crippen molar-refractivity contribution in [2.24, 2.45) is 5.10 Å². The van der Waals surface area contributed by atoms with E-state index in [2.05, 4.69) is 39.9 Å². The zero-order valence-electron chi connectivity index (χ0n) is 20.0. The van der Waals surface area contributed by atoms with Gasteiger partial charge >= 0.3 is 11.8 Å². The molecule has 0 aromatic heterocycles. The molecule has 0 fully saturated rings. The number of hydrogen-bond donors (Lipinski definition) is 3. The number of rotatable bonds is 8. The lowest BCUT2D eigenvalue weighted by Gasteiger charge is -2.20. The van der Waals surface area contributed by atoms with Crippen molar-refractivity contribution >= 4 is 41.0 Å². The summed E-state index contributed by atoms with van der Waals surface area (Å²) in [5.74, 6) is -2.29.